The van der Waals surface area contributed by atoms with E-state index in [1.807, 2.05) is 36.4 Å². The van der Waals surface area contributed by atoms with Crippen molar-refractivity contribution in [3.8, 4) is 0 Å². The standard InChI is InChI=1S/C25H27NO3/c1-15-16(2)26(21-12-25(3,4)13-22(27)23(15)21)14-17-10-11-20(24(28)29-5)19-9-7-6-8-18(17)19/h6-11H,12-14H2,1-5H3. The van der Waals surface area contributed by atoms with E-state index >= 15 is 0 Å². The number of carbonyl (C=O) groups is 2. The number of methoxy groups -OCH3 is 1. The Hall–Kier alpha value is -2.88. The lowest BCUT2D eigenvalue weighted by atomic mass is 9.75. The smallest absolute Gasteiger partial charge is 0.338 e. The van der Waals surface area contributed by atoms with Crippen molar-refractivity contribution in [1.82, 2.24) is 4.57 Å². The van der Waals surface area contributed by atoms with E-state index in [0.717, 1.165) is 45.3 Å². The summed E-state index contributed by atoms with van der Waals surface area (Å²) in [7, 11) is 1.40. The lowest BCUT2D eigenvalue weighted by Crippen LogP contribution is -2.28. The van der Waals surface area contributed by atoms with Crippen LogP contribution in [0.15, 0.2) is 36.4 Å². The van der Waals surface area contributed by atoms with Gasteiger partial charge in [0.05, 0.1) is 12.7 Å². The van der Waals surface area contributed by atoms with Crippen molar-refractivity contribution in [2.24, 2.45) is 5.41 Å². The van der Waals surface area contributed by atoms with Crippen LogP contribution >= 0.6 is 0 Å². The fraction of sp³-hybridized carbons (Fsp3) is 0.360. The van der Waals surface area contributed by atoms with Crippen molar-refractivity contribution >= 4 is 22.5 Å². The molecule has 29 heavy (non-hydrogen) atoms. The molecule has 1 heterocycles. The molecular weight excluding hydrogens is 362 g/mol. The van der Waals surface area contributed by atoms with Gasteiger partial charge >= 0.3 is 5.97 Å². The topological polar surface area (TPSA) is 48.3 Å². The first-order valence-electron chi connectivity index (χ1n) is 10.0. The third kappa shape index (κ3) is 3.17. The lowest BCUT2D eigenvalue weighted by Gasteiger charge is -2.30. The van der Waals surface area contributed by atoms with E-state index in [1.165, 1.54) is 7.11 Å². The van der Waals surface area contributed by atoms with Crippen LogP contribution in [0.2, 0.25) is 0 Å². The molecule has 2 aromatic carbocycles. The highest BCUT2D eigenvalue weighted by Crippen LogP contribution is 2.39. The summed E-state index contributed by atoms with van der Waals surface area (Å²) >= 11 is 0. The van der Waals surface area contributed by atoms with Crippen LogP contribution in [0.1, 0.15) is 63.5 Å². The molecule has 0 fully saturated rings. The summed E-state index contributed by atoms with van der Waals surface area (Å²) in [6.45, 7) is 9.15. The number of fused-ring (bicyclic) bond motifs is 2. The molecule has 0 unspecified atom stereocenters. The summed E-state index contributed by atoms with van der Waals surface area (Å²) in [4.78, 5) is 25.0. The predicted octanol–water partition coefficient (Wildman–Crippen LogP) is 5.25. The number of ketones is 1. The van der Waals surface area contributed by atoms with Crippen LogP contribution < -0.4 is 0 Å². The Balaban J connectivity index is 1.87. The molecule has 0 aliphatic heterocycles. The Morgan fingerprint density at radius 3 is 2.45 bits per heavy atom. The highest BCUT2D eigenvalue weighted by atomic mass is 16.5. The number of benzene rings is 2. The number of hydrogen-bond acceptors (Lipinski definition) is 3. The van der Waals surface area contributed by atoms with Crippen LogP contribution in [0.5, 0.6) is 0 Å². The molecule has 0 N–H and O–H groups in total. The van der Waals surface area contributed by atoms with Gasteiger partial charge in [-0.1, -0.05) is 44.2 Å². The first-order chi connectivity index (χ1) is 13.7. The molecule has 4 heteroatoms. The Bertz CT molecular complexity index is 1150. The molecule has 1 aliphatic rings. The van der Waals surface area contributed by atoms with Crippen molar-refractivity contribution in [3.05, 3.63) is 70.0 Å². The van der Waals surface area contributed by atoms with Crippen LogP contribution in [0.25, 0.3) is 10.8 Å². The third-order valence-electron chi connectivity index (χ3n) is 6.25. The number of carbonyl (C=O) groups excluding carboxylic acids is 2. The molecule has 0 saturated carbocycles. The highest BCUT2D eigenvalue weighted by Gasteiger charge is 2.35. The van der Waals surface area contributed by atoms with E-state index in [0.29, 0.717) is 18.5 Å². The van der Waals surface area contributed by atoms with Gasteiger partial charge in [-0.3, -0.25) is 4.79 Å². The monoisotopic (exact) mass is 389 g/mol. The molecule has 1 aliphatic carbocycles. The second-order valence-electron chi connectivity index (χ2n) is 8.87. The maximum atomic E-state index is 12.8. The quantitative estimate of drug-likeness (QED) is 0.575. The maximum Gasteiger partial charge on any atom is 0.338 e. The van der Waals surface area contributed by atoms with Crippen LogP contribution in [-0.2, 0) is 17.7 Å². The normalized spacial score (nSPS) is 15.4. The fourth-order valence-electron chi connectivity index (χ4n) is 4.70. The summed E-state index contributed by atoms with van der Waals surface area (Å²) in [6, 6.07) is 11.8. The van der Waals surface area contributed by atoms with Crippen molar-refractivity contribution in [3.63, 3.8) is 0 Å². The van der Waals surface area contributed by atoms with Gasteiger partial charge < -0.3 is 9.30 Å². The van der Waals surface area contributed by atoms with E-state index in [-0.39, 0.29) is 17.2 Å². The minimum Gasteiger partial charge on any atom is -0.465 e. The molecule has 150 valence electrons. The van der Waals surface area contributed by atoms with Crippen molar-refractivity contribution in [1.29, 1.82) is 0 Å². The van der Waals surface area contributed by atoms with E-state index < -0.39 is 0 Å². The molecule has 0 spiro atoms. The van der Waals surface area contributed by atoms with E-state index in [4.69, 9.17) is 4.74 Å². The zero-order valence-corrected chi connectivity index (χ0v) is 17.8. The SMILES string of the molecule is COC(=O)c1ccc(Cn2c(C)c(C)c3c2CC(C)(C)CC3=O)c2ccccc12. The number of Topliss-reactive ketones (excluding diaryl/α,β-unsaturated/α-hetero) is 1. The van der Waals surface area contributed by atoms with Gasteiger partial charge in [-0.05, 0) is 53.6 Å². The third-order valence-corrected chi connectivity index (χ3v) is 6.25. The van der Waals surface area contributed by atoms with E-state index in [2.05, 4.69) is 32.3 Å². The van der Waals surface area contributed by atoms with Crippen molar-refractivity contribution < 1.29 is 14.3 Å². The maximum absolute atomic E-state index is 12.8. The van der Waals surface area contributed by atoms with Gasteiger partial charge in [0.1, 0.15) is 0 Å². The highest BCUT2D eigenvalue weighted by molar-refractivity contribution is 6.05. The predicted molar refractivity (Wildman–Crippen MR) is 115 cm³/mol. The summed E-state index contributed by atoms with van der Waals surface area (Å²) in [6.07, 6.45) is 1.49. The van der Waals surface area contributed by atoms with Gasteiger partial charge in [-0.25, -0.2) is 4.79 Å². The number of rotatable bonds is 3. The van der Waals surface area contributed by atoms with Gasteiger partial charge in [-0.2, -0.15) is 0 Å². The summed E-state index contributed by atoms with van der Waals surface area (Å²) in [5, 5.41) is 1.93. The molecule has 4 nitrogen and oxygen atoms in total. The van der Waals surface area contributed by atoms with Crippen LogP contribution in [0, 0.1) is 19.3 Å². The van der Waals surface area contributed by atoms with Gasteiger partial charge in [0.2, 0.25) is 0 Å². The lowest BCUT2D eigenvalue weighted by molar-refractivity contribution is 0.0602. The molecule has 1 aromatic heterocycles. The largest absolute Gasteiger partial charge is 0.465 e. The van der Waals surface area contributed by atoms with Crippen LogP contribution in [0.4, 0.5) is 0 Å². The summed E-state index contributed by atoms with van der Waals surface area (Å²) < 4.78 is 7.25. The van der Waals surface area contributed by atoms with Gasteiger partial charge in [0.15, 0.2) is 5.78 Å². The molecule has 0 radical (unpaired) electrons. The van der Waals surface area contributed by atoms with Gasteiger partial charge in [-0.15, -0.1) is 0 Å². The molecule has 3 aromatic rings. The van der Waals surface area contributed by atoms with Gasteiger partial charge in [0, 0.05) is 29.9 Å². The number of aromatic nitrogens is 1. The first-order valence-corrected chi connectivity index (χ1v) is 10.0. The van der Waals surface area contributed by atoms with Crippen molar-refractivity contribution in [2.75, 3.05) is 7.11 Å². The molecular formula is C25H27NO3. The summed E-state index contributed by atoms with van der Waals surface area (Å²) in [5.74, 6) is -0.0769. The average Bonchev–Trinajstić information content (AvgIpc) is 2.91. The number of ether oxygens (including phenoxy) is 1. The minimum atomic E-state index is -0.328. The Morgan fingerprint density at radius 1 is 1.07 bits per heavy atom. The van der Waals surface area contributed by atoms with Crippen LogP contribution in [0.3, 0.4) is 0 Å². The Morgan fingerprint density at radius 2 is 1.76 bits per heavy atom. The van der Waals surface area contributed by atoms with Crippen molar-refractivity contribution in [2.45, 2.75) is 47.1 Å². The Kier molecular flexibility index (Phi) is 4.60. The average molecular weight is 389 g/mol. The van der Waals surface area contributed by atoms with Gasteiger partial charge in [0.25, 0.3) is 0 Å². The second-order valence-corrected chi connectivity index (χ2v) is 8.87. The molecule has 0 bridgehead atoms. The Labute approximate surface area is 171 Å². The first kappa shape index (κ1) is 19.4. The van der Waals surface area contributed by atoms with E-state index in [9.17, 15) is 9.59 Å². The number of nitrogens with zero attached hydrogens (tertiary/aromatic N) is 1. The second kappa shape index (κ2) is 6.87. The number of esters is 1. The zero-order valence-electron chi connectivity index (χ0n) is 17.8. The van der Waals surface area contributed by atoms with Crippen LogP contribution in [-0.4, -0.2) is 23.4 Å². The molecule has 0 amide bonds. The number of hydrogen-bond donors (Lipinski definition) is 0. The molecule has 0 saturated heterocycles. The molecule has 4 rings (SSSR count). The van der Waals surface area contributed by atoms with E-state index in [1.54, 1.807) is 0 Å². The fourth-order valence-corrected chi connectivity index (χ4v) is 4.70. The summed E-state index contributed by atoms with van der Waals surface area (Å²) in [5.41, 5.74) is 5.96. The molecule has 0 atom stereocenters. The zero-order chi connectivity index (χ0) is 20.9. The minimum absolute atomic E-state index is 0.0319.